The van der Waals surface area contributed by atoms with Crippen LogP contribution in [0.15, 0.2) is 36.4 Å². The molecule has 1 aromatic carbocycles. The summed E-state index contributed by atoms with van der Waals surface area (Å²) in [6, 6.07) is 12.6. The highest BCUT2D eigenvalue weighted by Crippen LogP contribution is 2.30. The molecule has 2 saturated heterocycles. The van der Waals surface area contributed by atoms with Gasteiger partial charge in [0.2, 0.25) is 10.0 Å². The van der Waals surface area contributed by atoms with Gasteiger partial charge < -0.3 is 9.64 Å². The Kier molecular flexibility index (Phi) is 7.48. The molecule has 186 valence electrons. The van der Waals surface area contributed by atoms with E-state index < -0.39 is 10.0 Å². The number of nitrogens with zero attached hydrogens (tertiary/aromatic N) is 4. The highest BCUT2D eigenvalue weighted by Gasteiger charge is 2.26. The number of piperidine rings is 2. The maximum atomic E-state index is 11.7. The average molecular weight is 487 g/mol. The first-order chi connectivity index (χ1) is 16.1. The van der Waals surface area contributed by atoms with Gasteiger partial charge in [-0.3, -0.25) is 0 Å². The van der Waals surface area contributed by atoms with E-state index in [0.717, 1.165) is 62.6 Å². The largest absolute Gasteiger partial charge is 0.493 e. The summed E-state index contributed by atoms with van der Waals surface area (Å²) in [5.41, 5.74) is 2.31. The van der Waals surface area contributed by atoms with Crippen LogP contribution in [-0.2, 0) is 15.4 Å². The van der Waals surface area contributed by atoms with Crippen LogP contribution in [-0.4, -0.2) is 62.0 Å². The molecule has 0 saturated carbocycles. The van der Waals surface area contributed by atoms with Crippen LogP contribution in [0.3, 0.4) is 0 Å². The molecule has 0 N–H and O–H groups in total. The summed E-state index contributed by atoms with van der Waals surface area (Å²) in [5, 5.41) is 8.89. The van der Waals surface area contributed by atoms with E-state index in [1.807, 2.05) is 0 Å². The topological polar surface area (TPSA) is 75.6 Å². The third kappa shape index (κ3) is 6.27. The zero-order chi connectivity index (χ0) is 24.3. The fraction of sp³-hybridized carbons (Fsp3) is 0.615. The van der Waals surface area contributed by atoms with E-state index in [-0.39, 0.29) is 5.41 Å². The molecule has 0 spiro atoms. The Morgan fingerprint density at radius 2 is 1.56 bits per heavy atom. The lowest BCUT2D eigenvalue weighted by atomic mass is 9.90. The molecule has 4 rings (SSSR count). The maximum Gasteiger partial charge on any atom is 0.211 e. The summed E-state index contributed by atoms with van der Waals surface area (Å²) in [4.78, 5) is 2.32. The van der Waals surface area contributed by atoms with E-state index >= 15 is 0 Å². The van der Waals surface area contributed by atoms with Crippen molar-refractivity contribution in [1.82, 2.24) is 14.5 Å². The third-order valence-electron chi connectivity index (χ3n) is 7.12. The van der Waals surface area contributed by atoms with Crippen LogP contribution in [0.5, 0.6) is 5.75 Å². The number of sulfonamides is 1. The maximum absolute atomic E-state index is 11.7. The zero-order valence-corrected chi connectivity index (χ0v) is 21.7. The highest BCUT2D eigenvalue weighted by atomic mass is 32.2. The molecular formula is C26H38N4O3S. The molecule has 2 aliphatic rings. The Labute approximate surface area is 204 Å². The molecule has 3 heterocycles. The first-order valence-corrected chi connectivity index (χ1v) is 14.2. The quantitative estimate of drug-likeness (QED) is 0.609. The molecule has 0 aliphatic carbocycles. The van der Waals surface area contributed by atoms with E-state index in [2.05, 4.69) is 72.3 Å². The molecule has 0 radical (unpaired) electrons. The van der Waals surface area contributed by atoms with E-state index in [1.165, 1.54) is 11.8 Å². The average Bonchev–Trinajstić information content (AvgIpc) is 2.82. The molecule has 8 heteroatoms. The molecule has 2 aromatic rings. The number of benzene rings is 1. The molecule has 1 aromatic heterocycles. The molecule has 2 fully saturated rings. The first kappa shape index (κ1) is 24.9. The van der Waals surface area contributed by atoms with Gasteiger partial charge in [0.1, 0.15) is 5.75 Å². The van der Waals surface area contributed by atoms with Gasteiger partial charge in [0.05, 0.1) is 18.6 Å². The van der Waals surface area contributed by atoms with Crippen LogP contribution in [0.4, 0.5) is 5.82 Å². The van der Waals surface area contributed by atoms with Crippen molar-refractivity contribution in [3.8, 4) is 5.75 Å². The minimum atomic E-state index is -3.08. The molecule has 0 unspecified atom stereocenters. The number of aromatic nitrogens is 2. The Hall–Kier alpha value is -2.19. The van der Waals surface area contributed by atoms with Crippen molar-refractivity contribution in [2.24, 2.45) is 5.92 Å². The predicted octanol–water partition coefficient (Wildman–Crippen LogP) is 4.21. The van der Waals surface area contributed by atoms with E-state index in [4.69, 9.17) is 4.74 Å². The van der Waals surface area contributed by atoms with Gasteiger partial charge >= 0.3 is 0 Å². The highest BCUT2D eigenvalue weighted by molar-refractivity contribution is 7.88. The van der Waals surface area contributed by atoms with Crippen molar-refractivity contribution in [3.05, 3.63) is 47.7 Å². The lowest BCUT2D eigenvalue weighted by Gasteiger charge is -2.32. The van der Waals surface area contributed by atoms with Crippen LogP contribution < -0.4 is 9.64 Å². The molecule has 7 nitrogen and oxygen atoms in total. The number of anilines is 1. The van der Waals surface area contributed by atoms with Gasteiger partial charge in [0.25, 0.3) is 0 Å². The SMILES string of the molecule is CC(C)(C)c1ccc(N2CCC(COc3ccc(C4CCN(S(C)(=O)=O)CC4)cc3)CC2)nn1. The second-order valence-corrected chi connectivity index (χ2v) is 12.8. The van der Waals surface area contributed by atoms with Crippen molar-refractivity contribution < 1.29 is 13.2 Å². The predicted molar refractivity (Wildman–Crippen MR) is 136 cm³/mol. The Morgan fingerprint density at radius 3 is 2.09 bits per heavy atom. The molecule has 0 amide bonds. The summed E-state index contributed by atoms with van der Waals surface area (Å²) in [6.07, 6.45) is 5.20. The number of rotatable bonds is 6. The summed E-state index contributed by atoms with van der Waals surface area (Å²) in [6.45, 7) is 10.3. The number of hydrogen-bond acceptors (Lipinski definition) is 6. The molecule has 0 atom stereocenters. The Balaban J connectivity index is 1.21. The van der Waals surface area contributed by atoms with Crippen molar-refractivity contribution in [2.75, 3.05) is 43.9 Å². The molecular weight excluding hydrogens is 448 g/mol. The third-order valence-corrected chi connectivity index (χ3v) is 8.42. The van der Waals surface area contributed by atoms with Gasteiger partial charge in [-0.1, -0.05) is 32.9 Å². The zero-order valence-electron chi connectivity index (χ0n) is 20.9. The van der Waals surface area contributed by atoms with Gasteiger partial charge in [-0.15, -0.1) is 5.10 Å². The number of hydrogen-bond donors (Lipinski definition) is 0. The van der Waals surface area contributed by atoms with Crippen molar-refractivity contribution in [3.63, 3.8) is 0 Å². The minimum absolute atomic E-state index is 0.0178. The van der Waals surface area contributed by atoms with Gasteiger partial charge in [0, 0.05) is 31.6 Å². The van der Waals surface area contributed by atoms with Crippen LogP contribution in [0.2, 0.25) is 0 Å². The van der Waals surface area contributed by atoms with E-state index in [1.54, 1.807) is 4.31 Å². The fourth-order valence-corrected chi connectivity index (χ4v) is 5.67. The van der Waals surface area contributed by atoms with Crippen LogP contribution >= 0.6 is 0 Å². The summed E-state index contributed by atoms with van der Waals surface area (Å²) >= 11 is 0. The lowest BCUT2D eigenvalue weighted by Crippen LogP contribution is -2.37. The second kappa shape index (κ2) is 10.2. The second-order valence-electron chi connectivity index (χ2n) is 10.8. The van der Waals surface area contributed by atoms with Crippen molar-refractivity contribution >= 4 is 15.8 Å². The van der Waals surface area contributed by atoms with Gasteiger partial charge in [0.15, 0.2) is 5.82 Å². The van der Waals surface area contributed by atoms with Crippen molar-refractivity contribution in [1.29, 1.82) is 0 Å². The Morgan fingerprint density at radius 1 is 0.912 bits per heavy atom. The van der Waals surface area contributed by atoms with Crippen LogP contribution in [0, 0.1) is 5.92 Å². The fourth-order valence-electron chi connectivity index (χ4n) is 4.79. The van der Waals surface area contributed by atoms with Crippen LogP contribution in [0.25, 0.3) is 0 Å². The lowest BCUT2D eigenvalue weighted by molar-refractivity contribution is 0.222. The first-order valence-electron chi connectivity index (χ1n) is 12.4. The standard InChI is InChI=1S/C26H38N4O3S/c1-26(2,3)24-9-10-25(28-27-24)29-15-11-20(12-16-29)19-33-23-7-5-21(6-8-23)22-13-17-30(18-14-22)34(4,31)32/h5-10,20,22H,11-19H2,1-4H3. The summed E-state index contributed by atoms with van der Waals surface area (Å²) in [7, 11) is -3.08. The minimum Gasteiger partial charge on any atom is -0.493 e. The summed E-state index contributed by atoms with van der Waals surface area (Å²) in [5.74, 6) is 2.82. The molecule has 34 heavy (non-hydrogen) atoms. The van der Waals surface area contributed by atoms with Gasteiger partial charge in [-0.25, -0.2) is 12.7 Å². The van der Waals surface area contributed by atoms with Gasteiger partial charge in [-0.2, -0.15) is 5.10 Å². The molecule has 2 aliphatic heterocycles. The van der Waals surface area contributed by atoms with E-state index in [0.29, 0.717) is 24.9 Å². The smallest absolute Gasteiger partial charge is 0.211 e. The molecule has 0 bridgehead atoms. The monoisotopic (exact) mass is 486 g/mol. The van der Waals surface area contributed by atoms with Gasteiger partial charge in [-0.05, 0) is 67.3 Å². The van der Waals surface area contributed by atoms with Crippen LogP contribution in [0.1, 0.15) is 63.6 Å². The normalized spacial score (nSPS) is 19.4. The van der Waals surface area contributed by atoms with E-state index in [9.17, 15) is 8.42 Å². The van der Waals surface area contributed by atoms with Crippen molar-refractivity contribution in [2.45, 2.75) is 57.8 Å². The summed E-state index contributed by atoms with van der Waals surface area (Å²) < 4.78 is 31.1. The number of ether oxygens (including phenoxy) is 1. The Bertz CT molecular complexity index is 1030.